The van der Waals surface area contributed by atoms with Crippen molar-refractivity contribution in [2.24, 2.45) is 0 Å². The van der Waals surface area contributed by atoms with Gasteiger partial charge < -0.3 is 20.0 Å². The molecule has 32 heavy (non-hydrogen) atoms. The van der Waals surface area contributed by atoms with E-state index < -0.39 is 0 Å². The van der Waals surface area contributed by atoms with Crippen LogP contribution in [0.1, 0.15) is 33.6 Å². The molecule has 0 bridgehead atoms. The molecule has 0 spiro atoms. The summed E-state index contributed by atoms with van der Waals surface area (Å²) >= 11 is 0. The van der Waals surface area contributed by atoms with Gasteiger partial charge in [0.05, 0.1) is 5.69 Å². The number of carbonyl (C=O) groups is 2. The molecule has 1 atom stereocenters. The van der Waals surface area contributed by atoms with Crippen molar-refractivity contribution < 1.29 is 9.59 Å². The highest BCUT2D eigenvalue weighted by Crippen LogP contribution is 2.19. The third-order valence-corrected chi connectivity index (χ3v) is 5.89. The van der Waals surface area contributed by atoms with Gasteiger partial charge in [-0.3, -0.25) is 4.79 Å². The smallest absolute Gasteiger partial charge is 0.318 e. The summed E-state index contributed by atoms with van der Waals surface area (Å²) in [5.74, 6) is 0.805. The molecule has 1 aromatic carbocycles. The minimum absolute atomic E-state index is 0.00972. The van der Waals surface area contributed by atoms with Gasteiger partial charge in [-0.25, -0.2) is 4.79 Å². The molecule has 1 fully saturated rings. The van der Waals surface area contributed by atoms with Gasteiger partial charge in [0.1, 0.15) is 6.54 Å². The molecule has 1 aliphatic heterocycles. The highest BCUT2D eigenvalue weighted by molar-refractivity contribution is 5.84. The van der Waals surface area contributed by atoms with E-state index in [-0.39, 0.29) is 24.5 Å². The van der Waals surface area contributed by atoms with E-state index in [0.29, 0.717) is 32.7 Å². The monoisotopic (exact) mass is 438 g/mol. The Labute approximate surface area is 190 Å². The number of urea groups is 1. The normalized spacial score (nSPS) is 14.7. The zero-order valence-electron chi connectivity index (χ0n) is 19.3. The first kappa shape index (κ1) is 23.5. The van der Waals surface area contributed by atoms with Crippen LogP contribution in [0.15, 0.2) is 42.5 Å². The van der Waals surface area contributed by atoms with E-state index in [9.17, 15) is 9.59 Å². The molecule has 1 aliphatic rings. The zero-order valence-corrected chi connectivity index (χ0v) is 19.3. The largest absolute Gasteiger partial charge is 0.352 e. The molecule has 8 nitrogen and oxygen atoms in total. The SMILES string of the molecule is CCCNC(=O)N(CC(=O)N1CCN(c2ccc(-c3ccccc3)nn2)CC1)[C@@H](C)CC. The first-order valence-corrected chi connectivity index (χ1v) is 11.5. The van der Waals surface area contributed by atoms with Gasteiger partial charge in [-0.1, -0.05) is 44.2 Å². The third kappa shape index (κ3) is 5.96. The number of piperazine rings is 1. The minimum Gasteiger partial charge on any atom is -0.352 e. The molecule has 8 heteroatoms. The predicted molar refractivity (Wildman–Crippen MR) is 126 cm³/mol. The molecule has 1 saturated heterocycles. The Morgan fingerprint density at radius 3 is 2.34 bits per heavy atom. The first-order valence-electron chi connectivity index (χ1n) is 11.5. The van der Waals surface area contributed by atoms with Crippen LogP contribution in [0.5, 0.6) is 0 Å². The van der Waals surface area contributed by atoms with Crippen molar-refractivity contribution in [2.45, 2.75) is 39.7 Å². The fourth-order valence-electron chi connectivity index (χ4n) is 3.67. The number of anilines is 1. The number of benzene rings is 1. The summed E-state index contributed by atoms with van der Waals surface area (Å²) < 4.78 is 0. The van der Waals surface area contributed by atoms with Gasteiger partial charge in [0.15, 0.2) is 5.82 Å². The number of hydrogen-bond donors (Lipinski definition) is 1. The Balaban J connectivity index is 1.55. The molecule has 2 aromatic rings. The fraction of sp³-hybridized carbons (Fsp3) is 0.500. The van der Waals surface area contributed by atoms with Crippen LogP contribution in [0, 0.1) is 0 Å². The van der Waals surface area contributed by atoms with Gasteiger partial charge in [0, 0.05) is 44.3 Å². The van der Waals surface area contributed by atoms with Crippen molar-refractivity contribution in [3.63, 3.8) is 0 Å². The van der Waals surface area contributed by atoms with Crippen molar-refractivity contribution in [1.29, 1.82) is 0 Å². The van der Waals surface area contributed by atoms with Gasteiger partial charge in [-0.2, -0.15) is 0 Å². The lowest BCUT2D eigenvalue weighted by molar-refractivity contribution is -0.132. The molecule has 2 heterocycles. The number of nitrogens with one attached hydrogen (secondary N) is 1. The zero-order chi connectivity index (χ0) is 22.9. The van der Waals surface area contributed by atoms with Crippen LogP contribution < -0.4 is 10.2 Å². The average Bonchev–Trinajstić information content (AvgIpc) is 2.86. The molecular formula is C24H34N6O2. The lowest BCUT2D eigenvalue weighted by atomic mass is 10.1. The molecule has 0 unspecified atom stereocenters. The summed E-state index contributed by atoms with van der Waals surface area (Å²) in [6, 6.07) is 13.8. The molecule has 0 radical (unpaired) electrons. The van der Waals surface area contributed by atoms with E-state index >= 15 is 0 Å². The van der Waals surface area contributed by atoms with Gasteiger partial charge in [-0.05, 0) is 31.9 Å². The summed E-state index contributed by atoms with van der Waals surface area (Å²) in [5.41, 5.74) is 1.88. The number of amides is 3. The van der Waals surface area contributed by atoms with Crippen molar-refractivity contribution in [3.8, 4) is 11.3 Å². The Hall–Kier alpha value is -3.16. The van der Waals surface area contributed by atoms with Crippen LogP contribution in [0.2, 0.25) is 0 Å². The minimum atomic E-state index is -0.165. The van der Waals surface area contributed by atoms with Crippen molar-refractivity contribution in [3.05, 3.63) is 42.5 Å². The number of hydrogen-bond acceptors (Lipinski definition) is 5. The van der Waals surface area contributed by atoms with Crippen LogP contribution in [0.25, 0.3) is 11.3 Å². The van der Waals surface area contributed by atoms with E-state index in [0.717, 1.165) is 29.9 Å². The van der Waals surface area contributed by atoms with Gasteiger partial charge in [-0.15, -0.1) is 10.2 Å². The van der Waals surface area contributed by atoms with Crippen molar-refractivity contribution in [2.75, 3.05) is 44.2 Å². The van der Waals surface area contributed by atoms with Crippen LogP contribution in [0.4, 0.5) is 10.6 Å². The molecule has 1 N–H and O–H groups in total. The van der Waals surface area contributed by atoms with Crippen LogP contribution in [-0.2, 0) is 4.79 Å². The second-order valence-electron chi connectivity index (χ2n) is 8.13. The summed E-state index contributed by atoms with van der Waals surface area (Å²) in [7, 11) is 0. The van der Waals surface area contributed by atoms with E-state index in [1.165, 1.54) is 0 Å². The summed E-state index contributed by atoms with van der Waals surface area (Å²) in [5, 5.41) is 11.7. The van der Waals surface area contributed by atoms with Crippen LogP contribution in [0.3, 0.4) is 0 Å². The molecule has 0 aliphatic carbocycles. The Morgan fingerprint density at radius 2 is 1.75 bits per heavy atom. The van der Waals surface area contributed by atoms with E-state index in [2.05, 4.69) is 20.4 Å². The lowest BCUT2D eigenvalue weighted by Crippen LogP contribution is -2.54. The number of aromatic nitrogens is 2. The maximum atomic E-state index is 12.9. The maximum Gasteiger partial charge on any atom is 0.318 e. The third-order valence-electron chi connectivity index (χ3n) is 5.89. The second kappa shape index (κ2) is 11.5. The van der Waals surface area contributed by atoms with Gasteiger partial charge in [0.25, 0.3) is 0 Å². The van der Waals surface area contributed by atoms with E-state index in [1.807, 2.05) is 68.1 Å². The maximum absolute atomic E-state index is 12.9. The number of carbonyl (C=O) groups excluding carboxylic acids is 2. The predicted octanol–water partition coefficient (Wildman–Crippen LogP) is 3.01. The molecule has 172 valence electrons. The van der Waals surface area contributed by atoms with Gasteiger partial charge >= 0.3 is 6.03 Å². The van der Waals surface area contributed by atoms with E-state index in [1.54, 1.807) is 4.90 Å². The Bertz CT molecular complexity index is 866. The molecule has 1 aromatic heterocycles. The topological polar surface area (TPSA) is 81.7 Å². The highest BCUT2D eigenvalue weighted by Gasteiger charge is 2.27. The average molecular weight is 439 g/mol. The summed E-state index contributed by atoms with van der Waals surface area (Å²) in [6.07, 6.45) is 1.67. The second-order valence-corrected chi connectivity index (χ2v) is 8.13. The quantitative estimate of drug-likeness (QED) is 0.685. The van der Waals surface area contributed by atoms with Crippen LogP contribution in [-0.4, -0.2) is 77.2 Å². The van der Waals surface area contributed by atoms with E-state index in [4.69, 9.17) is 0 Å². The lowest BCUT2D eigenvalue weighted by Gasteiger charge is -2.37. The molecule has 3 rings (SSSR count). The summed E-state index contributed by atoms with van der Waals surface area (Å²) in [6.45, 7) is 9.33. The highest BCUT2D eigenvalue weighted by atomic mass is 16.2. The fourth-order valence-corrected chi connectivity index (χ4v) is 3.67. The Kier molecular flexibility index (Phi) is 8.41. The summed E-state index contributed by atoms with van der Waals surface area (Å²) in [4.78, 5) is 31.1. The van der Waals surface area contributed by atoms with Gasteiger partial charge in [0.2, 0.25) is 5.91 Å². The van der Waals surface area contributed by atoms with Crippen molar-refractivity contribution >= 4 is 17.8 Å². The molecule has 3 amide bonds. The molecule has 0 saturated carbocycles. The van der Waals surface area contributed by atoms with Crippen LogP contribution >= 0.6 is 0 Å². The number of rotatable bonds is 8. The first-order chi connectivity index (χ1) is 15.5. The van der Waals surface area contributed by atoms with Crippen molar-refractivity contribution in [1.82, 2.24) is 25.3 Å². The molecular weight excluding hydrogens is 404 g/mol. The number of nitrogens with zero attached hydrogens (tertiary/aromatic N) is 5. The Morgan fingerprint density at radius 1 is 1.03 bits per heavy atom. The standard InChI is InChI=1S/C24H34N6O2/c1-4-13-25-24(32)30(19(3)5-2)18-23(31)29-16-14-28(15-17-29)22-12-11-21(26-27-22)20-9-7-6-8-10-20/h6-12,19H,4-5,13-18H2,1-3H3,(H,25,32)/t19-/m0/s1.